The molecule has 1 fully saturated rings. The highest BCUT2D eigenvalue weighted by Crippen LogP contribution is 2.29. The third-order valence-corrected chi connectivity index (χ3v) is 5.06. The Balaban J connectivity index is 2.02. The van der Waals surface area contributed by atoms with Gasteiger partial charge in [-0.25, -0.2) is 0 Å². The summed E-state index contributed by atoms with van der Waals surface area (Å²) in [5, 5.41) is 3.86. The van der Waals surface area contributed by atoms with Crippen molar-refractivity contribution in [2.75, 3.05) is 18.6 Å². The van der Waals surface area contributed by atoms with Crippen LogP contribution in [0.4, 0.5) is 5.69 Å². The van der Waals surface area contributed by atoms with Gasteiger partial charge in [0.1, 0.15) is 0 Å². The van der Waals surface area contributed by atoms with Crippen LogP contribution in [0.15, 0.2) is 18.2 Å². The number of thioether (sulfide) groups is 1. The van der Waals surface area contributed by atoms with Gasteiger partial charge in [0.25, 0.3) is 5.91 Å². The summed E-state index contributed by atoms with van der Waals surface area (Å²) in [6, 6.07) is 5.57. The van der Waals surface area contributed by atoms with Crippen LogP contribution < -0.4 is 15.8 Å². The summed E-state index contributed by atoms with van der Waals surface area (Å²) in [5.41, 5.74) is 6.95. The maximum atomic E-state index is 12.5. The quantitative estimate of drug-likeness (QED) is 0.821. The zero-order valence-corrected chi connectivity index (χ0v) is 13.5. The van der Waals surface area contributed by atoms with Gasteiger partial charge in [0, 0.05) is 11.3 Å². The van der Waals surface area contributed by atoms with Gasteiger partial charge in [-0.15, -0.1) is 0 Å². The molecular weight excluding hydrogens is 284 g/mol. The Morgan fingerprint density at radius 1 is 1.38 bits per heavy atom. The van der Waals surface area contributed by atoms with Crippen molar-refractivity contribution in [1.29, 1.82) is 0 Å². The van der Waals surface area contributed by atoms with Gasteiger partial charge in [-0.05, 0) is 51.0 Å². The molecular formula is C16H24N2O2S. The number of nitrogens with one attached hydrogen (secondary N) is 1. The smallest absolute Gasteiger partial charge is 0.255 e. The highest BCUT2D eigenvalue weighted by molar-refractivity contribution is 7.99. The van der Waals surface area contributed by atoms with Crippen LogP contribution in [0.25, 0.3) is 0 Å². The van der Waals surface area contributed by atoms with Crippen LogP contribution in [0.1, 0.15) is 43.0 Å². The molecule has 1 aliphatic rings. The Bertz CT molecular complexity index is 485. The molecule has 4 nitrogen and oxygen atoms in total. The van der Waals surface area contributed by atoms with Crippen molar-refractivity contribution in [3.05, 3.63) is 23.8 Å². The molecule has 1 amide bonds. The second-order valence-electron chi connectivity index (χ2n) is 5.34. The highest BCUT2D eigenvalue weighted by Gasteiger charge is 2.23. The highest BCUT2D eigenvalue weighted by atomic mass is 32.2. The van der Waals surface area contributed by atoms with Crippen LogP contribution in [0, 0.1) is 0 Å². The minimum absolute atomic E-state index is 0.0849. The molecule has 0 aliphatic heterocycles. The van der Waals surface area contributed by atoms with Crippen LogP contribution in [0.5, 0.6) is 5.75 Å². The molecule has 0 aromatic heterocycles. The zero-order valence-electron chi connectivity index (χ0n) is 12.7. The van der Waals surface area contributed by atoms with Crippen molar-refractivity contribution in [1.82, 2.24) is 5.32 Å². The Kier molecular flexibility index (Phi) is 5.79. The first-order valence-electron chi connectivity index (χ1n) is 7.50. The van der Waals surface area contributed by atoms with Crippen molar-refractivity contribution in [3.8, 4) is 5.75 Å². The lowest BCUT2D eigenvalue weighted by atomic mass is 9.94. The number of nitrogen functional groups attached to an aromatic ring is 1. The molecule has 1 aromatic rings. The fourth-order valence-electron chi connectivity index (χ4n) is 2.75. The molecule has 3 N–H and O–H groups in total. The van der Waals surface area contributed by atoms with Gasteiger partial charge in [-0.2, -0.15) is 11.8 Å². The molecule has 1 aliphatic carbocycles. The van der Waals surface area contributed by atoms with E-state index in [9.17, 15) is 4.79 Å². The standard InChI is InChI=1S/C16H24N2O2S/c1-3-20-15-13(5-4-6-14(15)17)16(19)18-11-7-9-12(21-2)10-8-11/h4-6,11-12H,3,7-10,17H2,1-2H3,(H,18,19). The number of ether oxygens (including phenoxy) is 1. The fourth-order valence-corrected chi connectivity index (χ4v) is 3.49. The van der Waals surface area contributed by atoms with Crippen LogP contribution in [0.2, 0.25) is 0 Å². The van der Waals surface area contributed by atoms with Crippen LogP contribution in [-0.2, 0) is 0 Å². The Hall–Kier alpha value is -1.36. The van der Waals surface area contributed by atoms with Gasteiger partial charge < -0.3 is 15.8 Å². The molecule has 1 saturated carbocycles. The largest absolute Gasteiger partial charge is 0.491 e. The fraction of sp³-hybridized carbons (Fsp3) is 0.562. The number of carbonyl (C=O) groups is 1. The number of para-hydroxylation sites is 1. The third kappa shape index (κ3) is 4.06. The van der Waals surface area contributed by atoms with Gasteiger partial charge in [-0.3, -0.25) is 4.79 Å². The van der Waals surface area contributed by atoms with E-state index >= 15 is 0 Å². The van der Waals surface area contributed by atoms with E-state index in [2.05, 4.69) is 11.6 Å². The predicted molar refractivity (Wildman–Crippen MR) is 89.0 cm³/mol. The zero-order chi connectivity index (χ0) is 15.2. The summed E-state index contributed by atoms with van der Waals surface area (Å²) in [7, 11) is 0. The van der Waals surface area contributed by atoms with E-state index in [0.29, 0.717) is 23.6 Å². The van der Waals surface area contributed by atoms with E-state index in [4.69, 9.17) is 10.5 Å². The second-order valence-corrected chi connectivity index (χ2v) is 6.48. The molecule has 0 radical (unpaired) electrons. The van der Waals surface area contributed by atoms with Crippen molar-refractivity contribution >= 4 is 23.4 Å². The Morgan fingerprint density at radius 2 is 2.10 bits per heavy atom. The van der Waals surface area contributed by atoms with E-state index < -0.39 is 0 Å². The lowest BCUT2D eigenvalue weighted by Gasteiger charge is -2.28. The summed E-state index contributed by atoms with van der Waals surface area (Å²) in [5.74, 6) is 0.411. The lowest BCUT2D eigenvalue weighted by Crippen LogP contribution is -2.38. The number of hydrogen-bond acceptors (Lipinski definition) is 4. The number of nitrogens with two attached hydrogens (primary N) is 1. The third-order valence-electron chi connectivity index (χ3n) is 3.92. The van der Waals surface area contributed by atoms with Crippen LogP contribution >= 0.6 is 11.8 Å². The molecule has 0 bridgehead atoms. The number of amides is 1. The molecule has 0 spiro atoms. The summed E-state index contributed by atoms with van der Waals surface area (Å²) >= 11 is 1.92. The normalized spacial score (nSPS) is 21.8. The maximum Gasteiger partial charge on any atom is 0.255 e. The molecule has 0 heterocycles. The average molecular weight is 308 g/mol. The van der Waals surface area contributed by atoms with Crippen molar-refractivity contribution in [2.45, 2.75) is 43.9 Å². The molecule has 0 unspecified atom stereocenters. The first-order valence-corrected chi connectivity index (χ1v) is 8.79. The first-order chi connectivity index (χ1) is 10.2. The Labute approximate surface area is 130 Å². The number of anilines is 1. The van der Waals surface area contributed by atoms with Crippen molar-refractivity contribution in [2.24, 2.45) is 0 Å². The van der Waals surface area contributed by atoms with E-state index in [1.54, 1.807) is 18.2 Å². The summed E-state index contributed by atoms with van der Waals surface area (Å²) in [6.45, 7) is 2.38. The molecule has 2 rings (SSSR count). The van der Waals surface area contributed by atoms with E-state index in [-0.39, 0.29) is 11.9 Å². The summed E-state index contributed by atoms with van der Waals surface area (Å²) in [6.07, 6.45) is 6.58. The van der Waals surface area contributed by atoms with E-state index in [0.717, 1.165) is 18.1 Å². The van der Waals surface area contributed by atoms with Gasteiger partial charge in [0.05, 0.1) is 17.9 Å². The summed E-state index contributed by atoms with van der Waals surface area (Å²) in [4.78, 5) is 12.5. The first kappa shape index (κ1) is 16.0. The lowest BCUT2D eigenvalue weighted by molar-refractivity contribution is 0.0924. The topological polar surface area (TPSA) is 64.3 Å². The molecule has 5 heteroatoms. The molecule has 1 aromatic carbocycles. The monoisotopic (exact) mass is 308 g/mol. The van der Waals surface area contributed by atoms with Crippen LogP contribution in [-0.4, -0.2) is 30.1 Å². The molecule has 21 heavy (non-hydrogen) atoms. The molecule has 0 atom stereocenters. The molecule has 0 saturated heterocycles. The van der Waals surface area contributed by atoms with Gasteiger partial charge in [0.2, 0.25) is 0 Å². The van der Waals surface area contributed by atoms with Crippen LogP contribution in [0.3, 0.4) is 0 Å². The van der Waals surface area contributed by atoms with Gasteiger partial charge in [0.15, 0.2) is 5.75 Å². The number of benzene rings is 1. The van der Waals surface area contributed by atoms with E-state index in [1.165, 1.54) is 12.8 Å². The minimum Gasteiger partial charge on any atom is -0.491 e. The Morgan fingerprint density at radius 3 is 2.71 bits per heavy atom. The summed E-state index contributed by atoms with van der Waals surface area (Å²) < 4.78 is 5.52. The van der Waals surface area contributed by atoms with Gasteiger partial charge in [-0.1, -0.05) is 6.07 Å². The number of carbonyl (C=O) groups excluding carboxylic acids is 1. The average Bonchev–Trinajstić information content (AvgIpc) is 2.50. The SMILES string of the molecule is CCOc1c(N)cccc1C(=O)NC1CCC(SC)CC1. The molecule has 116 valence electrons. The van der Waals surface area contributed by atoms with E-state index in [1.807, 2.05) is 18.7 Å². The maximum absolute atomic E-state index is 12.5. The number of rotatable bonds is 5. The number of hydrogen-bond donors (Lipinski definition) is 2. The predicted octanol–water partition coefficient (Wildman–Crippen LogP) is 3.07. The van der Waals surface area contributed by atoms with Crippen molar-refractivity contribution in [3.63, 3.8) is 0 Å². The van der Waals surface area contributed by atoms with Gasteiger partial charge >= 0.3 is 0 Å². The van der Waals surface area contributed by atoms with Crippen molar-refractivity contribution < 1.29 is 9.53 Å². The minimum atomic E-state index is -0.0849. The second kappa shape index (κ2) is 7.59.